The van der Waals surface area contributed by atoms with Crippen molar-refractivity contribution in [3.63, 3.8) is 0 Å². The summed E-state index contributed by atoms with van der Waals surface area (Å²) in [5.74, 6) is 0.516. The number of rotatable bonds is 7. The lowest BCUT2D eigenvalue weighted by Gasteiger charge is -2.24. The van der Waals surface area contributed by atoms with Gasteiger partial charge in [-0.3, -0.25) is 10.1 Å². The summed E-state index contributed by atoms with van der Waals surface area (Å²) in [6.45, 7) is 2.90. The number of hydrogen-bond acceptors (Lipinski definition) is 9. The Kier molecular flexibility index (Phi) is 6.15. The SMILES string of the molecule is CO[C@H](C(=O)Nc1nnc(OC2CCN(c3cccnn3)[C@H]2C)s1)c1ccccc1. The van der Waals surface area contributed by atoms with E-state index in [1.807, 2.05) is 42.5 Å². The molecular weight excluding hydrogens is 404 g/mol. The molecule has 10 heteroatoms. The highest BCUT2D eigenvalue weighted by molar-refractivity contribution is 7.17. The molecule has 3 heterocycles. The average Bonchev–Trinajstić information content (AvgIpc) is 3.37. The van der Waals surface area contributed by atoms with E-state index in [1.54, 1.807) is 6.20 Å². The number of nitrogens with zero attached hydrogens (tertiary/aromatic N) is 5. The van der Waals surface area contributed by atoms with Crippen molar-refractivity contribution in [2.24, 2.45) is 0 Å². The van der Waals surface area contributed by atoms with Crippen LogP contribution < -0.4 is 15.0 Å². The van der Waals surface area contributed by atoms with Gasteiger partial charge in [-0.25, -0.2) is 0 Å². The summed E-state index contributed by atoms with van der Waals surface area (Å²) in [4.78, 5) is 14.7. The second kappa shape index (κ2) is 9.14. The summed E-state index contributed by atoms with van der Waals surface area (Å²) in [6, 6.07) is 13.2. The van der Waals surface area contributed by atoms with Gasteiger partial charge in [0.15, 0.2) is 11.9 Å². The second-order valence-electron chi connectivity index (χ2n) is 6.85. The van der Waals surface area contributed by atoms with E-state index in [0.717, 1.165) is 24.3 Å². The maximum atomic E-state index is 12.6. The molecule has 0 radical (unpaired) electrons. The number of hydrogen-bond donors (Lipinski definition) is 1. The van der Waals surface area contributed by atoms with Crippen molar-refractivity contribution in [1.82, 2.24) is 20.4 Å². The van der Waals surface area contributed by atoms with Gasteiger partial charge in [0.05, 0.1) is 6.04 Å². The molecule has 30 heavy (non-hydrogen) atoms. The minimum absolute atomic E-state index is 0.0560. The quantitative estimate of drug-likeness (QED) is 0.615. The average molecular weight is 427 g/mol. The van der Waals surface area contributed by atoms with Gasteiger partial charge in [0, 0.05) is 26.3 Å². The largest absolute Gasteiger partial charge is 0.463 e. The number of anilines is 2. The van der Waals surface area contributed by atoms with Crippen LogP contribution in [0.15, 0.2) is 48.7 Å². The molecule has 4 rings (SSSR count). The van der Waals surface area contributed by atoms with Gasteiger partial charge in [-0.05, 0) is 36.0 Å². The number of aromatic nitrogens is 4. The van der Waals surface area contributed by atoms with Crippen molar-refractivity contribution in [3.05, 3.63) is 54.2 Å². The summed E-state index contributed by atoms with van der Waals surface area (Å²) in [5, 5.41) is 19.7. The van der Waals surface area contributed by atoms with Gasteiger partial charge in [-0.15, -0.1) is 10.2 Å². The molecule has 9 nitrogen and oxygen atoms in total. The van der Waals surface area contributed by atoms with E-state index < -0.39 is 6.10 Å². The van der Waals surface area contributed by atoms with Gasteiger partial charge >= 0.3 is 0 Å². The van der Waals surface area contributed by atoms with Crippen LogP contribution in [0.3, 0.4) is 0 Å². The molecule has 0 spiro atoms. The number of benzene rings is 1. The van der Waals surface area contributed by atoms with Gasteiger partial charge in [0.1, 0.15) is 6.10 Å². The van der Waals surface area contributed by atoms with Crippen LogP contribution in [-0.2, 0) is 9.53 Å². The fourth-order valence-electron chi connectivity index (χ4n) is 3.47. The lowest BCUT2D eigenvalue weighted by Crippen LogP contribution is -2.35. The zero-order chi connectivity index (χ0) is 20.9. The van der Waals surface area contributed by atoms with Crippen LogP contribution in [0, 0.1) is 0 Å². The highest BCUT2D eigenvalue weighted by Crippen LogP contribution is 2.30. The summed E-state index contributed by atoms with van der Waals surface area (Å²) in [7, 11) is 1.50. The molecule has 1 aromatic carbocycles. The van der Waals surface area contributed by atoms with Crippen LogP contribution in [0.5, 0.6) is 5.19 Å². The molecule has 1 N–H and O–H groups in total. The molecule has 0 aliphatic carbocycles. The van der Waals surface area contributed by atoms with Gasteiger partial charge in [0.25, 0.3) is 11.1 Å². The van der Waals surface area contributed by atoms with Crippen molar-refractivity contribution in [1.29, 1.82) is 0 Å². The predicted molar refractivity (Wildman–Crippen MR) is 113 cm³/mol. The number of carbonyl (C=O) groups is 1. The zero-order valence-corrected chi connectivity index (χ0v) is 17.5. The lowest BCUT2D eigenvalue weighted by atomic mass is 10.1. The Morgan fingerprint density at radius 2 is 2.03 bits per heavy atom. The number of nitrogens with one attached hydrogen (secondary N) is 1. The van der Waals surface area contributed by atoms with Gasteiger partial charge in [0.2, 0.25) is 5.13 Å². The van der Waals surface area contributed by atoms with Crippen molar-refractivity contribution >= 4 is 28.2 Å². The first kappa shape index (κ1) is 20.2. The Morgan fingerprint density at radius 3 is 2.77 bits per heavy atom. The molecular formula is C20H22N6O3S. The third-order valence-electron chi connectivity index (χ3n) is 5.00. The molecule has 0 bridgehead atoms. The fraction of sp³-hybridized carbons (Fsp3) is 0.350. The predicted octanol–water partition coefficient (Wildman–Crippen LogP) is 2.70. The highest BCUT2D eigenvalue weighted by Gasteiger charge is 2.34. The lowest BCUT2D eigenvalue weighted by molar-refractivity contribution is -0.126. The maximum absolute atomic E-state index is 12.6. The Bertz CT molecular complexity index is 971. The van der Waals surface area contributed by atoms with E-state index in [0.29, 0.717) is 10.3 Å². The summed E-state index contributed by atoms with van der Waals surface area (Å²) in [5.41, 5.74) is 0.766. The Labute approximate surface area is 178 Å². The van der Waals surface area contributed by atoms with E-state index in [4.69, 9.17) is 9.47 Å². The van der Waals surface area contributed by atoms with Crippen molar-refractivity contribution in [3.8, 4) is 5.19 Å². The molecule has 0 saturated carbocycles. The van der Waals surface area contributed by atoms with Crippen LogP contribution in [0.1, 0.15) is 25.0 Å². The molecule has 1 amide bonds. The first-order chi connectivity index (χ1) is 14.7. The fourth-order valence-corrected chi connectivity index (χ4v) is 4.12. The van der Waals surface area contributed by atoms with E-state index in [2.05, 4.69) is 37.5 Å². The molecule has 3 aromatic rings. The van der Waals surface area contributed by atoms with Crippen molar-refractivity contribution in [2.45, 2.75) is 31.6 Å². The molecule has 2 aromatic heterocycles. The van der Waals surface area contributed by atoms with Gasteiger partial charge < -0.3 is 14.4 Å². The van der Waals surface area contributed by atoms with Crippen molar-refractivity contribution < 1.29 is 14.3 Å². The highest BCUT2D eigenvalue weighted by atomic mass is 32.1. The standard InChI is InChI=1S/C20H22N6O3S/c1-13-15(10-12-26(13)16-9-6-11-21-23-16)29-20-25-24-19(30-20)22-18(27)17(28-2)14-7-4-3-5-8-14/h3-9,11,13,15,17H,10,12H2,1-2H3,(H,22,24,27)/t13-,15?,17-/m0/s1. The minimum atomic E-state index is -0.727. The molecule has 3 atom stereocenters. The number of ether oxygens (including phenoxy) is 2. The smallest absolute Gasteiger partial charge is 0.296 e. The number of methoxy groups -OCH3 is 1. The van der Waals surface area contributed by atoms with E-state index in [9.17, 15) is 4.79 Å². The Morgan fingerprint density at radius 1 is 1.20 bits per heavy atom. The third kappa shape index (κ3) is 4.39. The first-order valence-corrected chi connectivity index (χ1v) is 10.4. The maximum Gasteiger partial charge on any atom is 0.296 e. The van der Waals surface area contributed by atoms with Gasteiger partial charge in [-0.2, -0.15) is 5.10 Å². The summed E-state index contributed by atoms with van der Waals surface area (Å²) in [6.07, 6.45) is 1.70. The molecule has 1 unspecified atom stereocenters. The Balaban J connectivity index is 1.37. The zero-order valence-electron chi connectivity index (χ0n) is 16.6. The van der Waals surface area contributed by atoms with Crippen LogP contribution in [0.25, 0.3) is 0 Å². The minimum Gasteiger partial charge on any atom is -0.463 e. The number of carbonyl (C=O) groups excluding carboxylic acids is 1. The molecule has 156 valence electrons. The number of amides is 1. The molecule has 1 aliphatic rings. The molecule has 1 fully saturated rings. The normalized spacial score (nSPS) is 19.5. The topological polar surface area (TPSA) is 102 Å². The second-order valence-corrected chi connectivity index (χ2v) is 7.79. The molecule has 1 saturated heterocycles. The third-order valence-corrected chi connectivity index (χ3v) is 5.73. The monoisotopic (exact) mass is 426 g/mol. The molecule has 1 aliphatic heterocycles. The van der Waals surface area contributed by atoms with Crippen LogP contribution in [0.2, 0.25) is 0 Å². The van der Waals surface area contributed by atoms with Crippen LogP contribution >= 0.6 is 11.3 Å². The van der Waals surface area contributed by atoms with E-state index in [-0.39, 0.29) is 18.1 Å². The van der Waals surface area contributed by atoms with Crippen molar-refractivity contribution in [2.75, 3.05) is 23.9 Å². The summed E-state index contributed by atoms with van der Waals surface area (Å²) < 4.78 is 11.4. The first-order valence-electron chi connectivity index (χ1n) is 9.59. The van der Waals surface area contributed by atoms with E-state index in [1.165, 1.54) is 18.4 Å². The van der Waals surface area contributed by atoms with Gasteiger partial charge in [-0.1, -0.05) is 35.4 Å². The van der Waals surface area contributed by atoms with E-state index >= 15 is 0 Å². The van der Waals surface area contributed by atoms with Crippen LogP contribution in [-0.4, -0.2) is 52.1 Å². The Hall–Kier alpha value is -3.11. The van der Waals surface area contributed by atoms with Crippen LogP contribution in [0.4, 0.5) is 10.9 Å². The summed E-state index contributed by atoms with van der Waals surface area (Å²) >= 11 is 1.19.